The summed E-state index contributed by atoms with van der Waals surface area (Å²) in [6, 6.07) is 7.96. The SMILES string of the molecule is O=C1N=c2ccccc2=C2CCCC12. The first-order valence-corrected chi connectivity index (χ1v) is 5.07. The maximum atomic E-state index is 11.7. The van der Waals surface area contributed by atoms with Crippen molar-refractivity contribution in [2.24, 2.45) is 10.9 Å². The van der Waals surface area contributed by atoms with E-state index in [1.165, 1.54) is 10.8 Å². The van der Waals surface area contributed by atoms with Crippen LogP contribution in [0.4, 0.5) is 0 Å². The van der Waals surface area contributed by atoms with E-state index in [0.29, 0.717) is 0 Å². The fourth-order valence-corrected chi connectivity index (χ4v) is 2.48. The minimum Gasteiger partial charge on any atom is -0.272 e. The maximum Gasteiger partial charge on any atom is 0.253 e. The largest absolute Gasteiger partial charge is 0.272 e. The number of hydrogen-bond acceptors (Lipinski definition) is 1. The van der Waals surface area contributed by atoms with Crippen molar-refractivity contribution in [1.29, 1.82) is 0 Å². The summed E-state index contributed by atoms with van der Waals surface area (Å²) in [5, 5.41) is 2.07. The molecule has 1 saturated carbocycles. The lowest BCUT2D eigenvalue weighted by atomic mass is 9.97. The Bertz CT molecular complexity index is 515. The van der Waals surface area contributed by atoms with Gasteiger partial charge in [0.2, 0.25) is 0 Å². The summed E-state index contributed by atoms with van der Waals surface area (Å²) >= 11 is 0. The maximum absolute atomic E-state index is 11.7. The van der Waals surface area contributed by atoms with E-state index in [0.717, 1.165) is 24.6 Å². The molecule has 70 valence electrons. The van der Waals surface area contributed by atoms with Crippen LogP contribution >= 0.6 is 0 Å². The van der Waals surface area contributed by atoms with Gasteiger partial charge in [-0.05, 0) is 30.9 Å². The van der Waals surface area contributed by atoms with Crippen molar-refractivity contribution in [1.82, 2.24) is 0 Å². The van der Waals surface area contributed by atoms with E-state index >= 15 is 0 Å². The first-order valence-electron chi connectivity index (χ1n) is 5.07. The Hall–Kier alpha value is -1.44. The third kappa shape index (κ3) is 0.969. The van der Waals surface area contributed by atoms with E-state index in [2.05, 4.69) is 11.1 Å². The predicted octanol–water partition coefficient (Wildman–Crippen LogP) is 0.797. The van der Waals surface area contributed by atoms with Gasteiger partial charge >= 0.3 is 0 Å². The van der Waals surface area contributed by atoms with E-state index in [4.69, 9.17) is 0 Å². The molecular weight excluding hydrogens is 174 g/mol. The molecule has 0 bridgehead atoms. The van der Waals surface area contributed by atoms with Crippen molar-refractivity contribution < 1.29 is 4.79 Å². The molecule has 0 aromatic heterocycles. The molecule has 1 aromatic rings. The highest BCUT2D eigenvalue weighted by atomic mass is 16.1. The topological polar surface area (TPSA) is 29.4 Å². The molecule has 0 radical (unpaired) electrons. The molecule has 2 aliphatic rings. The summed E-state index contributed by atoms with van der Waals surface area (Å²) in [5.41, 5.74) is 1.32. The number of fused-ring (bicyclic) bond motifs is 2. The smallest absolute Gasteiger partial charge is 0.253 e. The van der Waals surface area contributed by atoms with Gasteiger partial charge in [-0.1, -0.05) is 18.2 Å². The minimum atomic E-state index is 0.0659. The average molecular weight is 185 g/mol. The van der Waals surface area contributed by atoms with Crippen LogP contribution in [-0.4, -0.2) is 5.91 Å². The van der Waals surface area contributed by atoms with Gasteiger partial charge in [-0.3, -0.25) is 4.79 Å². The lowest BCUT2D eigenvalue weighted by molar-refractivity contribution is -0.120. The van der Waals surface area contributed by atoms with Crippen molar-refractivity contribution in [2.45, 2.75) is 19.3 Å². The van der Waals surface area contributed by atoms with Gasteiger partial charge in [0.25, 0.3) is 5.91 Å². The number of carbonyl (C=O) groups is 1. The number of benzene rings is 1. The first-order chi connectivity index (χ1) is 6.86. The van der Waals surface area contributed by atoms with Crippen LogP contribution in [0.5, 0.6) is 0 Å². The summed E-state index contributed by atoms with van der Waals surface area (Å²) in [5.74, 6) is 0.168. The van der Waals surface area contributed by atoms with E-state index < -0.39 is 0 Å². The van der Waals surface area contributed by atoms with Crippen LogP contribution in [0.2, 0.25) is 0 Å². The number of hydrogen-bond donors (Lipinski definition) is 0. The highest BCUT2D eigenvalue weighted by molar-refractivity contribution is 5.90. The highest BCUT2D eigenvalue weighted by Gasteiger charge is 2.30. The van der Waals surface area contributed by atoms with Crippen molar-refractivity contribution >= 4 is 11.5 Å². The summed E-state index contributed by atoms with van der Waals surface area (Å²) in [6.07, 6.45) is 3.20. The molecule has 14 heavy (non-hydrogen) atoms. The summed E-state index contributed by atoms with van der Waals surface area (Å²) in [4.78, 5) is 15.8. The highest BCUT2D eigenvalue weighted by Crippen LogP contribution is 2.32. The molecule has 0 spiro atoms. The number of nitrogens with zero attached hydrogens (tertiary/aromatic N) is 1. The van der Waals surface area contributed by atoms with E-state index in [-0.39, 0.29) is 11.8 Å². The van der Waals surface area contributed by atoms with Gasteiger partial charge in [-0.25, -0.2) is 4.99 Å². The normalized spacial score (nSPS) is 24.1. The van der Waals surface area contributed by atoms with Crippen LogP contribution in [0.15, 0.2) is 29.3 Å². The van der Waals surface area contributed by atoms with Crippen LogP contribution in [0.25, 0.3) is 5.57 Å². The lowest BCUT2D eigenvalue weighted by Gasteiger charge is -2.11. The monoisotopic (exact) mass is 185 g/mol. The molecule has 0 saturated heterocycles. The summed E-state index contributed by atoms with van der Waals surface area (Å²) in [7, 11) is 0. The van der Waals surface area contributed by atoms with Gasteiger partial charge < -0.3 is 0 Å². The second-order valence-electron chi connectivity index (χ2n) is 3.94. The average Bonchev–Trinajstić information content (AvgIpc) is 2.67. The number of para-hydroxylation sites is 1. The fourth-order valence-electron chi connectivity index (χ4n) is 2.48. The van der Waals surface area contributed by atoms with Crippen LogP contribution in [0.3, 0.4) is 0 Å². The van der Waals surface area contributed by atoms with E-state index in [9.17, 15) is 4.79 Å². The zero-order chi connectivity index (χ0) is 9.54. The molecule has 1 fully saturated rings. The first kappa shape index (κ1) is 7.92. The second-order valence-corrected chi connectivity index (χ2v) is 3.94. The number of amides is 1. The number of carbonyl (C=O) groups excluding carboxylic acids is 1. The standard InChI is InChI=1S/C12H11NO/c14-12-10-6-3-5-8(10)9-4-1-2-7-11(9)13-12/h1-2,4,7,10H,3,5-6H2. The van der Waals surface area contributed by atoms with E-state index in [1.54, 1.807) is 0 Å². The molecular formula is C12H11NO. The fraction of sp³-hybridized carbons (Fsp3) is 0.333. The minimum absolute atomic E-state index is 0.0659. The summed E-state index contributed by atoms with van der Waals surface area (Å²) < 4.78 is 0. The molecule has 0 N–H and O–H groups in total. The quantitative estimate of drug-likeness (QED) is 0.587. The van der Waals surface area contributed by atoms with Crippen molar-refractivity contribution in [2.75, 3.05) is 0 Å². The zero-order valence-corrected chi connectivity index (χ0v) is 7.86. The van der Waals surface area contributed by atoms with Crippen molar-refractivity contribution in [3.8, 4) is 0 Å². The molecule has 1 aromatic carbocycles. The van der Waals surface area contributed by atoms with Gasteiger partial charge in [0, 0.05) is 5.22 Å². The molecule has 1 aliphatic carbocycles. The van der Waals surface area contributed by atoms with Gasteiger partial charge in [0.05, 0.1) is 11.3 Å². The Kier molecular flexibility index (Phi) is 1.57. The third-order valence-electron chi connectivity index (χ3n) is 3.14. The lowest BCUT2D eigenvalue weighted by Crippen LogP contribution is -2.35. The summed E-state index contributed by atoms with van der Waals surface area (Å²) in [6.45, 7) is 0. The van der Waals surface area contributed by atoms with Gasteiger partial charge in [-0.15, -0.1) is 0 Å². The van der Waals surface area contributed by atoms with Crippen LogP contribution < -0.4 is 10.6 Å². The van der Waals surface area contributed by atoms with Crippen LogP contribution in [0, 0.1) is 5.92 Å². The van der Waals surface area contributed by atoms with Crippen LogP contribution in [-0.2, 0) is 4.79 Å². The molecule has 2 nitrogen and oxygen atoms in total. The Morgan fingerprint density at radius 1 is 1.29 bits per heavy atom. The van der Waals surface area contributed by atoms with Crippen molar-refractivity contribution in [3.63, 3.8) is 0 Å². The Morgan fingerprint density at radius 2 is 2.14 bits per heavy atom. The molecule has 1 aliphatic heterocycles. The second kappa shape index (κ2) is 2.77. The molecule has 1 amide bonds. The zero-order valence-electron chi connectivity index (χ0n) is 7.86. The van der Waals surface area contributed by atoms with Crippen molar-refractivity contribution in [3.05, 3.63) is 34.8 Å². The molecule has 1 unspecified atom stereocenters. The molecule has 1 atom stereocenters. The molecule has 3 rings (SSSR count). The molecule has 2 heteroatoms. The third-order valence-corrected chi connectivity index (χ3v) is 3.14. The molecule has 1 heterocycles. The Morgan fingerprint density at radius 3 is 3.07 bits per heavy atom. The van der Waals surface area contributed by atoms with Gasteiger partial charge in [-0.2, -0.15) is 0 Å². The van der Waals surface area contributed by atoms with Gasteiger partial charge in [0.1, 0.15) is 0 Å². The van der Waals surface area contributed by atoms with Crippen LogP contribution in [0.1, 0.15) is 19.3 Å². The number of rotatable bonds is 0. The van der Waals surface area contributed by atoms with E-state index in [1.807, 2.05) is 18.2 Å². The Balaban J connectivity index is 2.43. The predicted molar refractivity (Wildman–Crippen MR) is 53.0 cm³/mol. The van der Waals surface area contributed by atoms with Gasteiger partial charge in [0.15, 0.2) is 0 Å². The Labute approximate surface area is 82.0 Å².